The predicted molar refractivity (Wildman–Crippen MR) is 76.8 cm³/mol. The molecule has 7 heteroatoms. The molecule has 0 spiro atoms. The summed E-state index contributed by atoms with van der Waals surface area (Å²) < 4.78 is 5.47. The molecule has 2 saturated heterocycles. The summed E-state index contributed by atoms with van der Waals surface area (Å²) in [6, 6.07) is 6.97. The first-order valence-corrected chi connectivity index (χ1v) is 6.94. The van der Waals surface area contributed by atoms with Crippen LogP contribution in [0.2, 0.25) is 0 Å². The van der Waals surface area contributed by atoms with Crippen LogP contribution in [0.15, 0.2) is 24.3 Å². The van der Waals surface area contributed by atoms with E-state index < -0.39 is 0 Å². The first kappa shape index (κ1) is 13.5. The van der Waals surface area contributed by atoms with Crippen LogP contribution in [0.5, 0.6) is 5.75 Å². The van der Waals surface area contributed by atoms with Gasteiger partial charge in [-0.1, -0.05) is 0 Å². The molecule has 0 aromatic heterocycles. The van der Waals surface area contributed by atoms with Crippen LogP contribution >= 0.6 is 0 Å². The number of hydrogen-bond donors (Lipinski definition) is 2. The highest BCUT2D eigenvalue weighted by atomic mass is 16.5. The lowest BCUT2D eigenvalue weighted by Crippen LogP contribution is -2.54. The minimum atomic E-state index is -0.0641. The Bertz CT molecular complexity index is 546. The molecule has 3 rings (SSSR count). The van der Waals surface area contributed by atoms with Crippen molar-refractivity contribution in [3.05, 3.63) is 24.3 Å². The van der Waals surface area contributed by atoms with Gasteiger partial charge in [0.1, 0.15) is 5.75 Å². The molecule has 7 nitrogen and oxygen atoms in total. The third kappa shape index (κ3) is 2.86. The number of nitrogen functional groups attached to an aromatic ring is 1. The number of rotatable bonds is 3. The van der Waals surface area contributed by atoms with Crippen LogP contribution in [0.1, 0.15) is 0 Å². The molecule has 0 saturated carbocycles. The fourth-order valence-electron chi connectivity index (χ4n) is 2.63. The van der Waals surface area contributed by atoms with E-state index in [0.29, 0.717) is 37.6 Å². The number of fused-ring (bicyclic) bond motifs is 1. The molecule has 0 aliphatic carbocycles. The zero-order valence-corrected chi connectivity index (χ0v) is 11.6. The number of carbonyl (C=O) groups is 2. The average molecular weight is 290 g/mol. The maximum absolute atomic E-state index is 12.2. The lowest BCUT2D eigenvalue weighted by Gasteiger charge is -2.36. The van der Waals surface area contributed by atoms with Crippen molar-refractivity contribution >= 4 is 17.6 Å². The fraction of sp³-hybridized carbons (Fsp3) is 0.429. The molecule has 1 aromatic rings. The fourth-order valence-corrected chi connectivity index (χ4v) is 2.63. The Morgan fingerprint density at radius 3 is 2.86 bits per heavy atom. The molecule has 3 amide bonds. The molecule has 1 unspecified atom stereocenters. The van der Waals surface area contributed by atoms with E-state index in [9.17, 15) is 9.59 Å². The first-order valence-electron chi connectivity index (χ1n) is 6.94. The quantitative estimate of drug-likeness (QED) is 0.760. The van der Waals surface area contributed by atoms with Gasteiger partial charge in [0.15, 0.2) is 6.61 Å². The van der Waals surface area contributed by atoms with Gasteiger partial charge < -0.3 is 25.6 Å². The van der Waals surface area contributed by atoms with Crippen LogP contribution in [0.4, 0.5) is 10.5 Å². The highest BCUT2D eigenvalue weighted by Crippen LogP contribution is 2.16. The van der Waals surface area contributed by atoms with Crippen molar-refractivity contribution in [2.75, 3.05) is 38.5 Å². The molecule has 3 N–H and O–H groups in total. The molecule has 2 heterocycles. The molecule has 21 heavy (non-hydrogen) atoms. The van der Waals surface area contributed by atoms with Gasteiger partial charge >= 0.3 is 6.03 Å². The highest BCUT2D eigenvalue weighted by Gasteiger charge is 2.36. The third-order valence-corrected chi connectivity index (χ3v) is 3.83. The standard InChI is InChI=1S/C14H18N4O3/c15-10-1-3-12(4-2-10)21-9-13(19)17-5-6-18-11(8-17)7-16-14(18)20/h1-4,11H,5-9,15H2,(H,16,20). The zero-order chi connectivity index (χ0) is 14.8. The molecule has 1 aromatic carbocycles. The largest absolute Gasteiger partial charge is 0.484 e. The van der Waals surface area contributed by atoms with Gasteiger partial charge in [0.05, 0.1) is 6.04 Å². The van der Waals surface area contributed by atoms with Gasteiger partial charge in [-0.2, -0.15) is 0 Å². The Morgan fingerprint density at radius 1 is 1.33 bits per heavy atom. The molecule has 0 bridgehead atoms. The average Bonchev–Trinajstić information content (AvgIpc) is 2.87. The minimum absolute atomic E-state index is 0.00197. The predicted octanol–water partition coefficient (Wildman–Crippen LogP) is -0.116. The molecule has 2 aliphatic rings. The van der Waals surface area contributed by atoms with Gasteiger partial charge in [0.25, 0.3) is 5.91 Å². The SMILES string of the molecule is Nc1ccc(OCC(=O)N2CCN3C(=O)NCC3C2)cc1. The summed E-state index contributed by atoms with van der Waals surface area (Å²) in [5.74, 6) is 0.555. The Morgan fingerprint density at radius 2 is 2.10 bits per heavy atom. The van der Waals surface area contributed by atoms with Crippen molar-refractivity contribution in [2.24, 2.45) is 0 Å². The maximum Gasteiger partial charge on any atom is 0.317 e. The number of urea groups is 1. The van der Waals surface area contributed by atoms with E-state index in [2.05, 4.69) is 5.32 Å². The van der Waals surface area contributed by atoms with Crippen LogP contribution in [-0.2, 0) is 4.79 Å². The van der Waals surface area contributed by atoms with E-state index in [-0.39, 0.29) is 24.6 Å². The Kier molecular flexibility index (Phi) is 3.55. The van der Waals surface area contributed by atoms with Gasteiger partial charge in [-0.05, 0) is 24.3 Å². The topological polar surface area (TPSA) is 87.9 Å². The van der Waals surface area contributed by atoms with Crippen LogP contribution in [0.25, 0.3) is 0 Å². The Labute approximate surface area is 122 Å². The second kappa shape index (κ2) is 5.51. The number of nitrogens with zero attached hydrogens (tertiary/aromatic N) is 2. The summed E-state index contributed by atoms with van der Waals surface area (Å²) in [4.78, 5) is 27.2. The number of nitrogens with two attached hydrogens (primary N) is 1. The molecular formula is C14H18N4O3. The number of anilines is 1. The van der Waals surface area contributed by atoms with E-state index in [4.69, 9.17) is 10.5 Å². The number of nitrogens with one attached hydrogen (secondary N) is 1. The summed E-state index contributed by atoms with van der Waals surface area (Å²) in [7, 11) is 0. The summed E-state index contributed by atoms with van der Waals surface area (Å²) in [5, 5.41) is 2.79. The van der Waals surface area contributed by atoms with Crippen LogP contribution in [0.3, 0.4) is 0 Å². The summed E-state index contributed by atoms with van der Waals surface area (Å²) in [6.07, 6.45) is 0. The van der Waals surface area contributed by atoms with Gasteiger partial charge in [-0.25, -0.2) is 4.79 Å². The van der Waals surface area contributed by atoms with E-state index in [0.717, 1.165) is 0 Å². The van der Waals surface area contributed by atoms with Gasteiger partial charge in [0.2, 0.25) is 0 Å². The van der Waals surface area contributed by atoms with Gasteiger partial charge in [-0.3, -0.25) is 4.79 Å². The van der Waals surface area contributed by atoms with E-state index >= 15 is 0 Å². The molecular weight excluding hydrogens is 272 g/mol. The monoisotopic (exact) mass is 290 g/mol. The number of piperazine rings is 1. The molecule has 1 atom stereocenters. The van der Waals surface area contributed by atoms with E-state index in [1.165, 1.54) is 0 Å². The number of ether oxygens (including phenoxy) is 1. The molecule has 2 fully saturated rings. The summed E-state index contributed by atoms with van der Waals surface area (Å²) in [6.45, 7) is 2.28. The Hall–Kier alpha value is -2.44. The number of amides is 3. The molecule has 112 valence electrons. The minimum Gasteiger partial charge on any atom is -0.484 e. The van der Waals surface area contributed by atoms with Crippen molar-refractivity contribution in [2.45, 2.75) is 6.04 Å². The Balaban J connectivity index is 1.52. The third-order valence-electron chi connectivity index (χ3n) is 3.83. The van der Waals surface area contributed by atoms with E-state index in [1.807, 2.05) is 0 Å². The van der Waals surface area contributed by atoms with Crippen molar-refractivity contribution in [3.63, 3.8) is 0 Å². The molecule has 0 radical (unpaired) electrons. The van der Waals surface area contributed by atoms with Crippen molar-refractivity contribution < 1.29 is 14.3 Å². The van der Waals surface area contributed by atoms with Crippen molar-refractivity contribution in [3.8, 4) is 5.75 Å². The van der Waals surface area contributed by atoms with Gasteiger partial charge in [0, 0.05) is 31.9 Å². The van der Waals surface area contributed by atoms with Crippen LogP contribution < -0.4 is 15.8 Å². The second-order valence-electron chi connectivity index (χ2n) is 5.23. The normalized spacial score (nSPS) is 21.0. The first-order chi connectivity index (χ1) is 10.1. The van der Waals surface area contributed by atoms with Crippen LogP contribution in [-0.4, -0.2) is 60.6 Å². The number of hydrogen-bond acceptors (Lipinski definition) is 4. The highest BCUT2D eigenvalue weighted by molar-refractivity contribution is 5.80. The summed E-state index contributed by atoms with van der Waals surface area (Å²) in [5.41, 5.74) is 6.25. The second-order valence-corrected chi connectivity index (χ2v) is 5.23. The molecule has 2 aliphatic heterocycles. The number of carbonyl (C=O) groups excluding carboxylic acids is 2. The number of benzene rings is 1. The van der Waals surface area contributed by atoms with Gasteiger partial charge in [-0.15, -0.1) is 0 Å². The lowest BCUT2D eigenvalue weighted by molar-refractivity contribution is -0.135. The lowest BCUT2D eigenvalue weighted by atomic mass is 10.2. The smallest absolute Gasteiger partial charge is 0.317 e. The van der Waals surface area contributed by atoms with Crippen molar-refractivity contribution in [1.29, 1.82) is 0 Å². The zero-order valence-electron chi connectivity index (χ0n) is 11.6. The maximum atomic E-state index is 12.2. The van der Waals surface area contributed by atoms with E-state index in [1.54, 1.807) is 34.1 Å². The van der Waals surface area contributed by atoms with Crippen LogP contribution in [0, 0.1) is 0 Å². The summed E-state index contributed by atoms with van der Waals surface area (Å²) >= 11 is 0. The van der Waals surface area contributed by atoms with Crippen molar-refractivity contribution in [1.82, 2.24) is 15.1 Å².